The minimum atomic E-state index is -4.27. The van der Waals surface area contributed by atoms with E-state index in [1.165, 1.54) is 25.4 Å². The van der Waals surface area contributed by atoms with E-state index in [2.05, 4.69) is 10.3 Å². The first-order valence-electron chi connectivity index (χ1n) is 3.41. The SMILES string of the molecule is CNc1ncccc1SC(F)(F)F. The number of pyridine rings is 1. The van der Waals surface area contributed by atoms with Crippen LogP contribution in [0.25, 0.3) is 0 Å². The summed E-state index contributed by atoms with van der Waals surface area (Å²) in [6.07, 6.45) is 1.44. The lowest BCUT2D eigenvalue weighted by Crippen LogP contribution is -2.02. The highest BCUT2D eigenvalue weighted by atomic mass is 32.2. The van der Waals surface area contributed by atoms with Crippen LogP contribution >= 0.6 is 11.8 Å². The van der Waals surface area contributed by atoms with Gasteiger partial charge in [0.1, 0.15) is 5.82 Å². The van der Waals surface area contributed by atoms with Crippen LogP contribution in [0.15, 0.2) is 23.2 Å². The zero-order valence-electron chi connectivity index (χ0n) is 6.72. The quantitative estimate of drug-likeness (QED) is 0.756. The lowest BCUT2D eigenvalue weighted by molar-refractivity contribution is -0.0328. The summed E-state index contributed by atoms with van der Waals surface area (Å²) >= 11 is -0.173. The standard InChI is InChI=1S/C7H7F3N2S/c1-11-6-5(3-2-4-12-6)13-7(8,9)10/h2-4H,1H3,(H,11,12). The Bertz CT molecular complexity index is 287. The number of aromatic nitrogens is 1. The van der Waals surface area contributed by atoms with Crippen LogP contribution in [0, 0.1) is 0 Å². The van der Waals surface area contributed by atoms with Crippen LogP contribution < -0.4 is 5.32 Å². The summed E-state index contributed by atoms with van der Waals surface area (Å²) in [7, 11) is 1.53. The van der Waals surface area contributed by atoms with Gasteiger partial charge in [-0.1, -0.05) is 0 Å². The average Bonchev–Trinajstić information content (AvgIpc) is 2.02. The molecular weight excluding hydrogens is 201 g/mol. The van der Waals surface area contributed by atoms with Crippen molar-refractivity contribution >= 4 is 17.6 Å². The maximum absolute atomic E-state index is 12.0. The molecule has 1 heterocycles. The average molecular weight is 208 g/mol. The molecule has 1 aromatic heterocycles. The van der Waals surface area contributed by atoms with E-state index in [1.807, 2.05) is 0 Å². The molecule has 0 radical (unpaired) electrons. The largest absolute Gasteiger partial charge is 0.446 e. The Labute approximate surface area is 77.6 Å². The van der Waals surface area contributed by atoms with Crippen molar-refractivity contribution in [3.05, 3.63) is 18.3 Å². The van der Waals surface area contributed by atoms with E-state index in [-0.39, 0.29) is 22.5 Å². The maximum Gasteiger partial charge on any atom is 0.446 e. The summed E-state index contributed by atoms with van der Waals surface area (Å²) in [5.41, 5.74) is -4.27. The second kappa shape index (κ2) is 3.87. The maximum atomic E-state index is 12.0. The molecular formula is C7H7F3N2S. The van der Waals surface area contributed by atoms with Gasteiger partial charge in [-0.2, -0.15) is 13.2 Å². The molecule has 0 spiro atoms. The first kappa shape index (κ1) is 10.2. The van der Waals surface area contributed by atoms with Crippen LogP contribution in [0.4, 0.5) is 19.0 Å². The number of hydrogen-bond donors (Lipinski definition) is 1. The van der Waals surface area contributed by atoms with Gasteiger partial charge in [-0.3, -0.25) is 0 Å². The molecule has 1 aromatic rings. The van der Waals surface area contributed by atoms with Crippen LogP contribution in [0.1, 0.15) is 0 Å². The Morgan fingerprint density at radius 1 is 1.46 bits per heavy atom. The van der Waals surface area contributed by atoms with Crippen molar-refractivity contribution in [2.24, 2.45) is 0 Å². The number of hydrogen-bond acceptors (Lipinski definition) is 3. The monoisotopic (exact) mass is 208 g/mol. The van der Waals surface area contributed by atoms with Crippen molar-refractivity contribution in [3.63, 3.8) is 0 Å². The van der Waals surface area contributed by atoms with Crippen LogP contribution in [0.2, 0.25) is 0 Å². The smallest absolute Gasteiger partial charge is 0.372 e. The Morgan fingerprint density at radius 3 is 2.69 bits per heavy atom. The molecule has 0 amide bonds. The third-order valence-corrected chi connectivity index (χ3v) is 2.01. The molecule has 2 nitrogen and oxygen atoms in total. The van der Waals surface area contributed by atoms with Gasteiger partial charge in [-0.05, 0) is 23.9 Å². The molecule has 0 aliphatic heterocycles. The van der Waals surface area contributed by atoms with Crippen molar-refractivity contribution in [1.82, 2.24) is 4.98 Å². The van der Waals surface area contributed by atoms with Gasteiger partial charge in [-0.25, -0.2) is 4.98 Å². The second-order valence-corrected chi connectivity index (χ2v) is 3.25. The molecule has 0 fully saturated rings. The van der Waals surface area contributed by atoms with Gasteiger partial charge in [0.05, 0.1) is 4.90 Å². The van der Waals surface area contributed by atoms with Gasteiger partial charge in [0.2, 0.25) is 0 Å². The number of nitrogens with one attached hydrogen (secondary N) is 1. The first-order valence-corrected chi connectivity index (χ1v) is 4.23. The number of nitrogens with zero attached hydrogens (tertiary/aromatic N) is 1. The van der Waals surface area contributed by atoms with E-state index < -0.39 is 5.51 Å². The third-order valence-electron chi connectivity index (χ3n) is 1.23. The van der Waals surface area contributed by atoms with Gasteiger partial charge in [0, 0.05) is 13.2 Å². The van der Waals surface area contributed by atoms with Crippen LogP contribution in [0.5, 0.6) is 0 Å². The molecule has 0 aliphatic carbocycles. The Balaban J connectivity index is 2.87. The van der Waals surface area contributed by atoms with E-state index in [1.54, 1.807) is 0 Å². The normalized spacial score (nSPS) is 11.4. The molecule has 13 heavy (non-hydrogen) atoms. The van der Waals surface area contributed by atoms with Crippen LogP contribution in [0.3, 0.4) is 0 Å². The summed E-state index contributed by atoms with van der Waals surface area (Å²) in [6.45, 7) is 0. The van der Waals surface area contributed by atoms with E-state index >= 15 is 0 Å². The van der Waals surface area contributed by atoms with Crippen molar-refractivity contribution in [2.45, 2.75) is 10.4 Å². The summed E-state index contributed by atoms with van der Waals surface area (Å²) in [5, 5.41) is 2.59. The predicted molar refractivity (Wildman–Crippen MR) is 45.7 cm³/mol. The summed E-state index contributed by atoms with van der Waals surface area (Å²) in [4.78, 5) is 3.83. The van der Waals surface area contributed by atoms with Crippen molar-refractivity contribution in [1.29, 1.82) is 0 Å². The predicted octanol–water partition coefficient (Wildman–Crippen LogP) is 2.74. The molecule has 0 atom stereocenters. The van der Waals surface area contributed by atoms with Gasteiger partial charge >= 0.3 is 5.51 Å². The molecule has 0 aliphatic rings. The first-order chi connectivity index (χ1) is 6.03. The number of thioether (sulfide) groups is 1. The lowest BCUT2D eigenvalue weighted by atomic mass is 10.5. The fourth-order valence-corrected chi connectivity index (χ4v) is 1.43. The Kier molecular flexibility index (Phi) is 3.02. The van der Waals surface area contributed by atoms with Crippen LogP contribution in [-0.2, 0) is 0 Å². The van der Waals surface area contributed by atoms with Crippen molar-refractivity contribution < 1.29 is 13.2 Å². The Hall–Kier alpha value is -0.910. The minimum Gasteiger partial charge on any atom is -0.372 e. The topological polar surface area (TPSA) is 24.9 Å². The third kappa shape index (κ3) is 3.14. The van der Waals surface area contributed by atoms with Crippen LogP contribution in [-0.4, -0.2) is 17.5 Å². The summed E-state index contributed by atoms with van der Waals surface area (Å²) in [5.74, 6) is 0.241. The molecule has 1 N–H and O–H groups in total. The van der Waals surface area contributed by atoms with Crippen molar-refractivity contribution in [2.75, 3.05) is 12.4 Å². The van der Waals surface area contributed by atoms with Crippen molar-refractivity contribution in [3.8, 4) is 0 Å². The summed E-state index contributed by atoms with van der Waals surface area (Å²) in [6, 6.07) is 2.84. The number of halogens is 3. The molecule has 0 aromatic carbocycles. The zero-order valence-corrected chi connectivity index (χ0v) is 7.54. The molecule has 0 saturated heterocycles. The highest BCUT2D eigenvalue weighted by molar-refractivity contribution is 8.00. The van der Waals surface area contributed by atoms with E-state index in [0.717, 1.165) is 0 Å². The Morgan fingerprint density at radius 2 is 2.15 bits per heavy atom. The second-order valence-electron chi connectivity index (χ2n) is 2.15. The van der Waals surface area contributed by atoms with E-state index in [9.17, 15) is 13.2 Å². The lowest BCUT2D eigenvalue weighted by Gasteiger charge is -2.08. The molecule has 1 rings (SSSR count). The zero-order chi connectivity index (χ0) is 9.90. The number of rotatable bonds is 2. The highest BCUT2D eigenvalue weighted by Crippen LogP contribution is 2.39. The fraction of sp³-hybridized carbons (Fsp3) is 0.286. The van der Waals surface area contributed by atoms with Gasteiger partial charge < -0.3 is 5.32 Å². The minimum absolute atomic E-state index is 0.0810. The van der Waals surface area contributed by atoms with Gasteiger partial charge in [0.25, 0.3) is 0 Å². The van der Waals surface area contributed by atoms with Gasteiger partial charge in [0.15, 0.2) is 0 Å². The number of alkyl halides is 3. The van der Waals surface area contributed by atoms with E-state index in [4.69, 9.17) is 0 Å². The molecule has 72 valence electrons. The van der Waals surface area contributed by atoms with E-state index in [0.29, 0.717) is 0 Å². The highest BCUT2D eigenvalue weighted by Gasteiger charge is 2.30. The number of anilines is 1. The molecule has 0 saturated carbocycles. The molecule has 0 bridgehead atoms. The van der Waals surface area contributed by atoms with Gasteiger partial charge in [-0.15, -0.1) is 0 Å². The molecule has 0 unspecified atom stereocenters. The summed E-state index contributed by atoms with van der Waals surface area (Å²) < 4.78 is 35.9. The fourth-order valence-electron chi connectivity index (χ4n) is 0.785. The molecule has 6 heteroatoms.